The van der Waals surface area contributed by atoms with Gasteiger partial charge in [-0.15, -0.1) is 0 Å². The third kappa shape index (κ3) is 4.38. The number of H-pyrrole nitrogens is 1. The number of amidine groups is 1. The van der Waals surface area contributed by atoms with E-state index in [1.54, 1.807) is 11.7 Å². The molecule has 9 heteroatoms. The molecule has 2 aromatic carbocycles. The highest BCUT2D eigenvalue weighted by atomic mass is 32.2. The molecule has 0 bridgehead atoms. The molecular weight excluding hydrogens is 424 g/mol. The van der Waals surface area contributed by atoms with Gasteiger partial charge in [0.15, 0.2) is 10.7 Å². The minimum Gasteiger partial charge on any atom is -0.493 e. The van der Waals surface area contributed by atoms with E-state index in [9.17, 15) is 4.79 Å². The minimum atomic E-state index is -0.246. The molecule has 0 spiro atoms. The van der Waals surface area contributed by atoms with Crippen molar-refractivity contribution in [3.8, 4) is 17.1 Å². The highest BCUT2D eigenvalue weighted by Crippen LogP contribution is 2.31. The van der Waals surface area contributed by atoms with E-state index in [-0.39, 0.29) is 5.56 Å². The van der Waals surface area contributed by atoms with Gasteiger partial charge in [-0.2, -0.15) is 5.10 Å². The zero-order valence-corrected chi connectivity index (χ0v) is 19.2. The van der Waals surface area contributed by atoms with Crippen molar-refractivity contribution in [1.29, 1.82) is 0 Å². The molecule has 32 heavy (non-hydrogen) atoms. The van der Waals surface area contributed by atoms with Crippen LogP contribution in [0.1, 0.15) is 12.6 Å². The first-order valence-corrected chi connectivity index (χ1v) is 11.4. The number of hydrogen-bond acceptors (Lipinski definition) is 6. The molecule has 2 heterocycles. The summed E-state index contributed by atoms with van der Waals surface area (Å²) in [5.41, 5.74) is 3.81. The average molecular weight is 449 g/mol. The lowest BCUT2D eigenvalue weighted by Gasteiger charge is -2.13. The lowest BCUT2D eigenvalue weighted by atomic mass is 10.1. The molecule has 2 aromatic heterocycles. The maximum atomic E-state index is 12.8. The van der Waals surface area contributed by atoms with E-state index in [4.69, 9.17) is 9.72 Å². The summed E-state index contributed by atoms with van der Waals surface area (Å²) in [6.45, 7) is 4.24. The number of thioether (sulfide) groups is 1. The number of aryl methyl sites for hydroxylation is 2. The Kier molecular flexibility index (Phi) is 6.27. The lowest BCUT2D eigenvalue weighted by molar-refractivity contribution is 0.341. The van der Waals surface area contributed by atoms with Gasteiger partial charge in [-0.3, -0.25) is 9.48 Å². The molecule has 0 aliphatic carbocycles. The highest BCUT2D eigenvalue weighted by Gasteiger charge is 2.16. The number of benzene rings is 2. The second-order valence-corrected chi connectivity index (χ2v) is 7.84. The molecule has 0 aliphatic rings. The van der Waals surface area contributed by atoms with Crippen molar-refractivity contribution in [2.45, 2.75) is 13.8 Å². The first-order valence-electron chi connectivity index (χ1n) is 10.2. The second kappa shape index (κ2) is 9.27. The summed E-state index contributed by atoms with van der Waals surface area (Å²) in [5.74, 6) is 1.06. The van der Waals surface area contributed by atoms with Crippen LogP contribution in [0.15, 0.2) is 58.3 Å². The fraction of sp³-hybridized carbons (Fsp3) is 0.217. The first-order chi connectivity index (χ1) is 15.5. The van der Waals surface area contributed by atoms with Gasteiger partial charge in [0.25, 0.3) is 5.56 Å². The Morgan fingerprint density at radius 2 is 2.03 bits per heavy atom. The number of aliphatic imine (C=N–C) groups is 1. The monoisotopic (exact) mass is 448 g/mol. The van der Waals surface area contributed by atoms with E-state index in [1.807, 2.05) is 68.6 Å². The molecule has 0 aliphatic heterocycles. The maximum absolute atomic E-state index is 12.8. The van der Waals surface area contributed by atoms with Crippen LogP contribution < -0.4 is 15.6 Å². The number of anilines is 1. The molecule has 8 nitrogen and oxygen atoms in total. The van der Waals surface area contributed by atoms with Crippen LogP contribution in [0.4, 0.5) is 11.4 Å². The number of rotatable bonds is 5. The summed E-state index contributed by atoms with van der Waals surface area (Å²) in [6.07, 6.45) is 1.96. The number of hydrogen-bond donors (Lipinski definition) is 2. The molecule has 0 unspecified atom stereocenters. The molecule has 0 radical (unpaired) electrons. The quantitative estimate of drug-likeness (QED) is 0.345. The molecule has 0 fully saturated rings. The molecule has 2 N–H and O–H groups in total. The maximum Gasteiger partial charge on any atom is 0.277 e. The normalized spacial score (nSPS) is 11.7. The number of ether oxygens (including phenoxy) is 1. The number of para-hydroxylation sites is 1. The molecule has 0 atom stereocenters. The van der Waals surface area contributed by atoms with Crippen molar-refractivity contribution in [2.24, 2.45) is 12.0 Å². The smallest absolute Gasteiger partial charge is 0.277 e. The van der Waals surface area contributed by atoms with E-state index in [0.717, 1.165) is 16.5 Å². The van der Waals surface area contributed by atoms with Crippen LogP contribution in [-0.2, 0) is 7.05 Å². The van der Waals surface area contributed by atoms with Crippen molar-refractivity contribution in [1.82, 2.24) is 19.7 Å². The summed E-state index contributed by atoms with van der Waals surface area (Å²) < 4.78 is 7.36. The fourth-order valence-electron chi connectivity index (χ4n) is 3.41. The van der Waals surface area contributed by atoms with Gasteiger partial charge < -0.3 is 15.0 Å². The Morgan fingerprint density at radius 1 is 1.25 bits per heavy atom. The van der Waals surface area contributed by atoms with Gasteiger partial charge in [0.2, 0.25) is 0 Å². The number of nitrogens with one attached hydrogen (secondary N) is 2. The Bertz CT molecular complexity index is 1340. The van der Waals surface area contributed by atoms with Crippen LogP contribution in [0.3, 0.4) is 0 Å². The van der Waals surface area contributed by atoms with Crippen molar-refractivity contribution in [3.63, 3.8) is 0 Å². The summed E-state index contributed by atoms with van der Waals surface area (Å²) in [5, 5.41) is 8.41. The van der Waals surface area contributed by atoms with Crippen molar-refractivity contribution in [2.75, 3.05) is 18.2 Å². The predicted molar refractivity (Wildman–Crippen MR) is 131 cm³/mol. The average Bonchev–Trinajstić information content (AvgIpc) is 3.08. The summed E-state index contributed by atoms with van der Waals surface area (Å²) in [4.78, 5) is 25.0. The van der Waals surface area contributed by atoms with Gasteiger partial charge in [0, 0.05) is 12.7 Å². The molecular formula is C23H24N6O2S. The van der Waals surface area contributed by atoms with Gasteiger partial charge in [0.05, 0.1) is 23.6 Å². The summed E-state index contributed by atoms with van der Waals surface area (Å²) in [6, 6.07) is 15.4. The third-order valence-electron chi connectivity index (χ3n) is 4.83. The molecule has 164 valence electrons. The van der Waals surface area contributed by atoms with E-state index >= 15 is 0 Å². The van der Waals surface area contributed by atoms with Crippen LogP contribution in [0.25, 0.3) is 22.4 Å². The minimum absolute atomic E-state index is 0.246. The molecule has 0 amide bonds. The largest absolute Gasteiger partial charge is 0.493 e. The number of aromatic nitrogens is 4. The zero-order valence-electron chi connectivity index (χ0n) is 18.3. The van der Waals surface area contributed by atoms with E-state index in [2.05, 4.69) is 20.4 Å². The SMILES string of the molecule is CCOc1ccc(NC(=Nc2ccccc2)SC)cc1-c1nc2c(C)nn(C)c2c(=O)[nH]1. The number of fused-ring (bicyclic) bond motifs is 1. The molecule has 4 aromatic rings. The lowest BCUT2D eigenvalue weighted by Crippen LogP contribution is -2.13. The number of nitrogens with zero attached hydrogens (tertiary/aromatic N) is 4. The standard InChI is InChI=1S/C23H24N6O2S/c1-5-31-18-12-11-16(25-23(32-4)24-15-9-7-6-8-10-15)13-17(18)21-26-19-14(2)28-29(3)20(19)22(30)27-21/h6-13H,5H2,1-4H3,(H,24,25)(H,26,27,30). The first kappa shape index (κ1) is 21.6. The van der Waals surface area contributed by atoms with E-state index < -0.39 is 0 Å². The Balaban J connectivity index is 1.78. The fourth-order valence-corrected chi connectivity index (χ4v) is 3.83. The van der Waals surface area contributed by atoms with Crippen LogP contribution in [0.5, 0.6) is 5.75 Å². The predicted octanol–water partition coefficient (Wildman–Crippen LogP) is 4.49. The second-order valence-electron chi connectivity index (χ2n) is 7.05. The van der Waals surface area contributed by atoms with E-state index in [0.29, 0.717) is 40.5 Å². The molecule has 0 saturated carbocycles. The topological polar surface area (TPSA) is 97.2 Å². The van der Waals surface area contributed by atoms with Crippen LogP contribution in [0.2, 0.25) is 0 Å². The van der Waals surface area contributed by atoms with Crippen molar-refractivity contribution >= 4 is 39.3 Å². The van der Waals surface area contributed by atoms with Gasteiger partial charge >= 0.3 is 0 Å². The third-order valence-corrected chi connectivity index (χ3v) is 5.41. The summed E-state index contributed by atoms with van der Waals surface area (Å²) in [7, 11) is 1.73. The van der Waals surface area contributed by atoms with Crippen molar-refractivity contribution in [3.05, 3.63) is 64.6 Å². The molecule has 4 rings (SSSR count). The van der Waals surface area contributed by atoms with Gasteiger partial charge in [-0.1, -0.05) is 30.0 Å². The van der Waals surface area contributed by atoms with Crippen LogP contribution in [0, 0.1) is 6.92 Å². The van der Waals surface area contributed by atoms with Gasteiger partial charge in [0.1, 0.15) is 17.1 Å². The Morgan fingerprint density at radius 3 is 2.75 bits per heavy atom. The zero-order chi connectivity index (χ0) is 22.7. The van der Waals surface area contributed by atoms with Gasteiger partial charge in [-0.05, 0) is 50.4 Å². The van der Waals surface area contributed by atoms with E-state index in [1.165, 1.54) is 11.8 Å². The highest BCUT2D eigenvalue weighted by molar-refractivity contribution is 8.13. The van der Waals surface area contributed by atoms with Crippen LogP contribution in [-0.4, -0.2) is 37.8 Å². The number of aromatic amines is 1. The summed E-state index contributed by atoms with van der Waals surface area (Å²) >= 11 is 1.51. The Hall–Kier alpha value is -3.59. The van der Waals surface area contributed by atoms with Gasteiger partial charge in [-0.25, -0.2) is 9.98 Å². The van der Waals surface area contributed by atoms with Crippen LogP contribution >= 0.6 is 11.8 Å². The molecule has 0 saturated heterocycles. The Labute approximate surface area is 189 Å². The van der Waals surface area contributed by atoms with Crippen molar-refractivity contribution < 1.29 is 4.74 Å².